The molecule has 0 bridgehead atoms. The molecule has 2 N–H and O–H groups in total. The molecule has 2 atom stereocenters. The van der Waals surface area contributed by atoms with E-state index < -0.39 is 0 Å². The molecule has 2 heterocycles. The zero-order valence-electron chi connectivity index (χ0n) is 13.0. The van der Waals surface area contributed by atoms with Gasteiger partial charge in [-0.15, -0.1) is 0 Å². The minimum Gasteiger partial charge on any atom is -0.353 e. The number of rotatable bonds is 5. The number of nitrogens with zero attached hydrogens (tertiary/aromatic N) is 2. The van der Waals surface area contributed by atoms with Gasteiger partial charge in [-0.3, -0.25) is 0 Å². The van der Waals surface area contributed by atoms with Crippen LogP contribution in [0.3, 0.4) is 0 Å². The minimum absolute atomic E-state index is 0.241. The van der Waals surface area contributed by atoms with E-state index in [1.807, 2.05) is 12.3 Å². The second-order valence-corrected chi connectivity index (χ2v) is 5.96. The highest BCUT2D eigenvalue weighted by Gasteiger charge is 2.23. The largest absolute Gasteiger partial charge is 0.353 e. The summed E-state index contributed by atoms with van der Waals surface area (Å²) >= 11 is 0. The first-order chi connectivity index (χ1) is 9.76. The quantitative estimate of drug-likeness (QED) is 0.894. The fourth-order valence-electron chi connectivity index (χ4n) is 3.16. The molecule has 20 heavy (non-hydrogen) atoms. The average Bonchev–Trinajstić information content (AvgIpc) is 2.72. The Hall–Kier alpha value is -1.09. The lowest BCUT2D eigenvalue weighted by atomic mass is 10.0. The van der Waals surface area contributed by atoms with Crippen LogP contribution in [-0.4, -0.2) is 23.6 Å². The van der Waals surface area contributed by atoms with E-state index in [4.69, 9.17) is 10.7 Å². The summed E-state index contributed by atoms with van der Waals surface area (Å²) in [7, 11) is 0. The molecule has 0 spiro atoms. The number of pyridine rings is 1. The lowest BCUT2D eigenvalue weighted by molar-refractivity contribution is 0.548. The lowest BCUT2D eigenvalue weighted by Gasteiger charge is -2.32. The second-order valence-electron chi connectivity index (χ2n) is 5.96. The summed E-state index contributed by atoms with van der Waals surface area (Å²) in [6.07, 6.45) is 10.4. The highest BCUT2D eigenvalue weighted by atomic mass is 15.2. The Bertz CT molecular complexity index is 405. The van der Waals surface area contributed by atoms with Crippen molar-refractivity contribution in [1.29, 1.82) is 0 Å². The van der Waals surface area contributed by atoms with Crippen LogP contribution >= 0.6 is 0 Å². The monoisotopic (exact) mass is 275 g/mol. The van der Waals surface area contributed by atoms with Crippen molar-refractivity contribution in [2.24, 2.45) is 5.73 Å². The molecule has 1 saturated heterocycles. The van der Waals surface area contributed by atoms with Crippen molar-refractivity contribution < 1.29 is 0 Å². The van der Waals surface area contributed by atoms with E-state index in [9.17, 15) is 0 Å². The molecular weight excluding hydrogens is 246 g/mol. The smallest absolute Gasteiger partial charge is 0.132 e. The number of nitrogens with two attached hydrogens (primary N) is 1. The first-order valence-corrected chi connectivity index (χ1v) is 8.22. The van der Waals surface area contributed by atoms with Gasteiger partial charge in [-0.1, -0.05) is 32.8 Å². The maximum Gasteiger partial charge on any atom is 0.132 e. The molecule has 1 aromatic heterocycles. The van der Waals surface area contributed by atoms with Crippen LogP contribution in [0.5, 0.6) is 0 Å². The summed E-state index contributed by atoms with van der Waals surface area (Å²) in [6.45, 7) is 5.59. The SMILES string of the molecule is CCC(N)Cc1cccnc1N1CCCCCC1CC. The summed E-state index contributed by atoms with van der Waals surface area (Å²) in [5.41, 5.74) is 7.48. The molecular formula is C17H29N3. The van der Waals surface area contributed by atoms with Crippen molar-refractivity contribution in [3.8, 4) is 0 Å². The third kappa shape index (κ3) is 3.72. The highest BCUT2D eigenvalue weighted by molar-refractivity contribution is 5.48. The van der Waals surface area contributed by atoms with Crippen molar-refractivity contribution in [3.63, 3.8) is 0 Å². The van der Waals surface area contributed by atoms with Crippen LogP contribution in [0.2, 0.25) is 0 Å². The Morgan fingerprint density at radius 1 is 1.35 bits per heavy atom. The van der Waals surface area contributed by atoms with E-state index in [0.717, 1.165) is 19.4 Å². The summed E-state index contributed by atoms with van der Waals surface area (Å²) in [5.74, 6) is 1.19. The Kier molecular flexibility index (Phi) is 5.84. The van der Waals surface area contributed by atoms with Crippen LogP contribution in [0, 0.1) is 0 Å². The number of anilines is 1. The Labute approximate surface area is 123 Å². The molecule has 0 aromatic carbocycles. The zero-order chi connectivity index (χ0) is 14.4. The topological polar surface area (TPSA) is 42.1 Å². The fourth-order valence-corrected chi connectivity index (χ4v) is 3.16. The van der Waals surface area contributed by atoms with E-state index >= 15 is 0 Å². The Balaban J connectivity index is 2.24. The van der Waals surface area contributed by atoms with Crippen molar-refractivity contribution in [2.75, 3.05) is 11.4 Å². The second kappa shape index (κ2) is 7.63. The van der Waals surface area contributed by atoms with E-state index in [2.05, 4.69) is 24.8 Å². The van der Waals surface area contributed by atoms with Crippen molar-refractivity contribution in [3.05, 3.63) is 23.9 Å². The van der Waals surface area contributed by atoms with Crippen LogP contribution in [0.15, 0.2) is 18.3 Å². The summed E-state index contributed by atoms with van der Waals surface area (Å²) in [4.78, 5) is 7.25. The summed E-state index contributed by atoms with van der Waals surface area (Å²) in [5, 5.41) is 0. The normalized spacial score (nSPS) is 21.6. The molecule has 1 fully saturated rings. The van der Waals surface area contributed by atoms with E-state index in [1.165, 1.54) is 43.5 Å². The van der Waals surface area contributed by atoms with Crippen molar-refractivity contribution in [2.45, 2.75) is 70.9 Å². The van der Waals surface area contributed by atoms with E-state index in [1.54, 1.807) is 0 Å². The van der Waals surface area contributed by atoms with Crippen LogP contribution in [-0.2, 0) is 6.42 Å². The summed E-state index contributed by atoms with van der Waals surface area (Å²) in [6, 6.07) is 5.13. The Morgan fingerprint density at radius 3 is 2.95 bits per heavy atom. The van der Waals surface area contributed by atoms with Gasteiger partial charge in [0.15, 0.2) is 0 Å². The van der Waals surface area contributed by atoms with Crippen molar-refractivity contribution >= 4 is 5.82 Å². The van der Waals surface area contributed by atoms with Gasteiger partial charge in [0.05, 0.1) is 0 Å². The fraction of sp³-hybridized carbons (Fsp3) is 0.706. The van der Waals surface area contributed by atoms with Crippen LogP contribution in [0.1, 0.15) is 57.9 Å². The molecule has 1 aromatic rings. The maximum absolute atomic E-state index is 6.16. The standard InChI is InChI=1S/C17H29N3/c1-3-15(18)13-14-9-8-11-19-17(14)20-12-7-5-6-10-16(20)4-2/h8-9,11,15-16H,3-7,10,12-13,18H2,1-2H3. The predicted octanol–water partition coefficient (Wildman–Crippen LogP) is 3.52. The molecule has 0 saturated carbocycles. The molecule has 0 amide bonds. The molecule has 2 rings (SSSR count). The molecule has 0 radical (unpaired) electrons. The summed E-state index contributed by atoms with van der Waals surface area (Å²) < 4.78 is 0. The minimum atomic E-state index is 0.241. The third-order valence-electron chi connectivity index (χ3n) is 4.49. The van der Waals surface area contributed by atoms with Gasteiger partial charge in [0.25, 0.3) is 0 Å². The van der Waals surface area contributed by atoms with Gasteiger partial charge < -0.3 is 10.6 Å². The number of hydrogen-bond acceptors (Lipinski definition) is 3. The average molecular weight is 275 g/mol. The zero-order valence-corrected chi connectivity index (χ0v) is 13.0. The molecule has 2 unspecified atom stereocenters. The van der Waals surface area contributed by atoms with E-state index in [-0.39, 0.29) is 6.04 Å². The van der Waals surface area contributed by atoms with E-state index in [0.29, 0.717) is 6.04 Å². The predicted molar refractivity (Wildman–Crippen MR) is 86.1 cm³/mol. The molecule has 112 valence electrons. The number of hydrogen-bond donors (Lipinski definition) is 1. The molecule has 1 aliphatic heterocycles. The van der Waals surface area contributed by atoms with Gasteiger partial charge >= 0.3 is 0 Å². The van der Waals surface area contributed by atoms with Gasteiger partial charge in [0.2, 0.25) is 0 Å². The molecule has 3 heteroatoms. The van der Waals surface area contributed by atoms with Gasteiger partial charge in [0.1, 0.15) is 5.82 Å². The Morgan fingerprint density at radius 2 is 2.20 bits per heavy atom. The van der Waals surface area contributed by atoms with Crippen LogP contribution in [0.4, 0.5) is 5.82 Å². The lowest BCUT2D eigenvalue weighted by Crippen LogP contribution is -2.36. The molecule has 3 nitrogen and oxygen atoms in total. The van der Waals surface area contributed by atoms with Gasteiger partial charge in [-0.05, 0) is 43.7 Å². The van der Waals surface area contributed by atoms with Gasteiger partial charge in [0, 0.05) is 24.8 Å². The van der Waals surface area contributed by atoms with Crippen LogP contribution in [0.25, 0.3) is 0 Å². The van der Waals surface area contributed by atoms with Gasteiger partial charge in [-0.25, -0.2) is 4.98 Å². The first kappa shape index (κ1) is 15.3. The maximum atomic E-state index is 6.16. The molecule has 1 aliphatic rings. The number of aromatic nitrogens is 1. The van der Waals surface area contributed by atoms with Gasteiger partial charge in [-0.2, -0.15) is 0 Å². The first-order valence-electron chi connectivity index (χ1n) is 8.22. The van der Waals surface area contributed by atoms with Crippen LogP contribution < -0.4 is 10.6 Å². The van der Waals surface area contributed by atoms with Crippen molar-refractivity contribution in [1.82, 2.24) is 4.98 Å². The third-order valence-corrected chi connectivity index (χ3v) is 4.49. The molecule has 0 aliphatic carbocycles. The highest BCUT2D eigenvalue weighted by Crippen LogP contribution is 2.27.